The number of sulfonamides is 2. The Morgan fingerprint density at radius 1 is 0.643 bits per heavy atom. The van der Waals surface area contributed by atoms with Crippen LogP contribution in [0.15, 0.2) is 0 Å². The Morgan fingerprint density at radius 2 is 0.964 bits per heavy atom. The SMILES string of the molecule is CC(C(C)S(=O)(=O)NCCCCCCC#N)S(=O)(=O)NCCCCCCC#N. The van der Waals surface area contributed by atoms with Gasteiger partial charge >= 0.3 is 0 Å². The summed E-state index contributed by atoms with van der Waals surface area (Å²) in [7, 11) is -7.48. The normalized spacial score (nSPS) is 14.1. The summed E-state index contributed by atoms with van der Waals surface area (Å²) in [6.07, 6.45) is 7.32. The number of hydrogen-bond donors (Lipinski definition) is 2. The van der Waals surface area contributed by atoms with Crippen LogP contribution in [0.25, 0.3) is 0 Å². The highest BCUT2D eigenvalue weighted by molar-refractivity contribution is 7.94. The molecule has 0 saturated carbocycles. The van der Waals surface area contributed by atoms with Gasteiger partial charge in [-0.15, -0.1) is 0 Å². The molecule has 0 amide bonds. The second-order valence-corrected chi connectivity index (χ2v) is 11.2. The Labute approximate surface area is 170 Å². The summed E-state index contributed by atoms with van der Waals surface area (Å²) in [5, 5.41) is 14.8. The summed E-state index contributed by atoms with van der Waals surface area (Å²) in [6.45, 7) is 3.34. The first-order valence-electron chi connectivity index (χ1n) is 9.90. The van der Waals surface area contributed by atoms with Crippen molar-refractivity contribution in [3.05, 3.63) is 0 Å². The standard InChI is InChI=1S/C18H34N4O4S2/c1-17(27(23,24)21-15-11-7-3-5-9-13-19)18(2)28(25,26)22-16-12-8-4-6-10-14-20/h17-18,21-22H,3-12,15-16H2,1-2H3. The largest absolute Gasteiger partial charge is 0.215 e. The molecule has 2 unspecified atom stereocenters. The molecule has 0 bridgehead atoms. The van der Waals surface area contributed by atoms with E-state index in [1.165, 1.54) is 13.8 Å². The minimum Gasteiger partial charge on any atom is -0.215 e. The van der Waals surface area contributed by atoms with E-state index in [1.54, 1.807) is 0 Å². The minimum atomic E-state index is -3.74. The van der Waals surface area contributed by atoms with Crippen molar-refractivity contribution in [2.24, 2.45) is 0 Å². The summed E-state index contributed by atoms with van der Waals surface area (Å²) >= 11 is 0. The van der Waals surface area contributed by atoms with Gasteiger partial charge in [-0.3, -0.25) is 0 Å². The van der Waals surface area contributed by atoms with Crippen molar-refractivity contribution in [3.8, 4) is 12.1 Å². The molecule has 28 heavy (non-hydrogen) atoms. The summed E-state index contributed by atoms with van der Waals surface area (Å²) in [6, 6.07) is 4.14. The van der Waals surface area contributed by atoms with E-state index in [0.29, 0.717) is 25.7 Å². The van der Waals surface area contributed by atoms with E-state index in [4.69, 9.17) is 10.5 Å². The van der Waals surface area contributed by atoms with Gasteiger partial charge in [-0.25, -0.2) is 26.3 Å². The van der Waals surface area contributed by atoms with Crippen LogP contribution < -0.4 is 9.44 Å². The van der Waals surface area contributed by atoms with Gasteiger partial charge in [-0.2, -0.15) is 10.5 Å². The highest BCUT2D eigenvalue weighted by Crippen LogP contribution is 2.13. The van der Waals surface area contributed by atoms with Crippen LogP contribution in [0.2, 0.25) is 0 Å². The molecular weight excluding hydrogens is 400 g/mol. The molecule has 10 heteroatoms. The van der Waals surface area contributed by atoms with Crippen LogP contribution in [0.4, 0.5) is 0 Å². The fourth-order valence-electron chi connectivity index (χ4n) is 2.56. The molecule has 0 fully saturated rings. The van der Waals surface area contributed by atoms with Gasteiger partial charge in [0.1, 0.15) is 0 Å². The first-order chi connectivity index (χ1) is 13.2. The summed E-state index contributed by atoms with van der Waals surface area (Å²) in [5.74, 6) is 0. The molecule has 0 spiro atoms. The first-order valence-corrected chi connectivity index (χ1v) is 13.0. The smallest absolute Gasteiger partial charge is 0.215 e. The third-order valence-electron chi connectivity index (χ3n) is 4.68. The zero-order valence-corrected chi connectivity index (χ0v) is 18.6. The van der Waals surface area contributed by atoms with E-state index in [0.717, 1.165) is 38.5 Å². The summed E-state index contributed by atoms with van der Waals surface area (Å²) < 4.78 is 54.4. The topological polar surface area (TPSA) is 140 Å². The zero-order valence-electron chi connectivity index (χ0n) is 17.0. The molecule has 2 N–H and O–H groups in total. The number of unbranched alkanes of at least 4 members (excludes halogenated alkanes) is 8. The van der Waals surface area contributed by atoms with Crippen molar-refractivity contribution in [1.82, 2.24) is 9.44 Å². The fourth-order valence-corrected chi connectivity index (χ4v) is 5.83. The second kappa shape index (κ2) is 14.7. The van der Waals surface area contributed by atoms with E-state index in [1.807, 2.05) is 0 Å². The maximum absolute atomic E-state index is 12.4. The maximum Gasteiger partial charge on any atom is 0.215 e. The minimum absolute atomic E-state index is 0.266. The van der Waals surface area contributed by atoms with E-state index in [-0.39, 0.29) is 13.1 Å². The predicted molar refractivity (Wildman–Crippen MR) is 110 cm³/mol. The van der Waals surface area contributed by atoms with Crippen molar-refractivity contribution >= 4 is 20.0 Å². The van der Waals surface area contributed by atoms with Crippen LogP contribution >= 0.6 is 0 Å². The van der Waals surface area contributed by atoms with Crippen molar-refractivity contribution in [2.45, 2.75) is 88.6 Å². The number of nitrogens with one attached hydrogen (secondary N) is 2. The lowest BCUT2D eigenvalue weighted by Gasteiger charge is -2.21. The highest BCUT2D eigenvalue weighted by atomic mass is 32.2. The van der Waals surface area contributed by atoms with Crippen molar-refractivity contribution < 1.29 is 16.8 Å². The molecule has 0 aromatic rings. The Bertz CT molecular complexity index is 647. The van der Waals surface area contributed by atoms with Crippen LogP contribution in [0.1, 0.15) is 78.1 Å². The molecule has 0 saturated heterocycles. The number of nitrogens with zero attached hydrogens (tertiary/aromatic N) is 2. The molecule has 0 aliphatic rings. The van der Waals surface area contributed by atoms with Crippen molar-refractivity contribution in [1.29, 1.82) is 10.5 Å². The Kier molecular flexibility index (Phi) is 14.1. The Balaban J connectivity index is 4.30. The zero-order chi connectivity index (χ0) is 21.5. The second-order valence-electron chi connectivity index (χ2n) is 6.93. The molecule has 0 aromatic carbocycles. The average molecular weight is 435 g/mol. The number of rotatable bonds is 17. The third-order valence-corrected chi connectivity index (χ3v) is 8.84. The molecule has 0 aliphatic heterocycles. The Hall–Kier alpha value is -1.20. The molecule has 0 aromatic heterocycles. The number of nitriles is 2. The predicted octanol–water partition coefficient (Wildman–Crippen LogP) is 2.55. The third kappa shape index (κ3) is 11.6. The van der Waals surface area contributed by atoms with Gasteiger partial charge in [0.15, 0.2) is 0 Å². The quantitative estimate of drug-likeness (QED) is 0.337. The van der Waals surface area contributed by atoms with Crippen molar-refractivity contribution in [3.63, 3.8) is 0 Å². The lowest BCUT2D eigenvalue weighted by molar-refractivity contribution is 0.539. The number of hydrogen-bond acceptors (Lipinski definition) is 6. The van der Waals surface area contributed by atoms with Gasteiger partial charge in [0.25, 0.3) is 0 Å². The van der Waals surface area contributed by atoms with Crippen molar-refractivity contribution in [2.75, 3.05) is 13.1 Å². The first kappa shape index (κ1) is 26.8. The van der Waals surface area contributed by atoms with Gasteiger partial charge in [-0.05, 0) is 39.5 Å². The van der Waals surface area contributed by atoms with Crippen LogP contribution in [0.3, 0.4) is 0 Å². The van der Waals surface area contributed by atoms with E-state index in [9.17, 15) is 16.8 Å². The highest BCUT2D eigenvalue weighted by Gasteiger charge is 2.34. The van der Waals surface area contributed by atoms with Gasteiger partial charge in [0.2, 0.25) is 20.0 Å². The van der Waals surface area contributed by atoms with E-state index in [2.05, 4.69) is 21.6 Å². The Morgan fingerprint density at radius 3 is 1.29 bits per heavy atom. The van der Waals surface area contributed by atoms with Gasteiger partial charge in [0, 0.05) is 25.9 Å². The fraction of sp³-hybridized carbons (Fsp3) is 0.889. The lowest BCUT2D eigenvalue weighted by atomic mass is 10.1. The summed E-state index contributed by atoms with van der Waals surface area (Å²) in [5.41, 5.74) is 0. The molecule has 0 aliphatic carbocycles. The van der Waals surface area contributed by atoms with Crippen LogP contribution in [-0.4, -0.2) is 40.4 Å². The van der Waals surface area contributed by atoms with Gasteiger partial charge < -0.3 is 0 Å². The molecule has 0 rings (SSSR count). The van der Waals surface area contributed by atoms with Crippen LogP contribution in [0, 0.1) is 22.7 Å². The van der Waals surface area contributed by atoms with E-state index < -0.39 is 30.5 Å². The summed E-state index contributed by atoms with van der Waals surface area (Å²) in [4.78, 5) is 0. The monoisotopic (exact) mass is 434 g/mol. The average Bonchev–Trinajstić information content (AvgIpc) is 2.65. The van der Waals surface area contributed by atoms with Crippen LogP contribution in [0.5, 0.6) is 0 Å². The molecule has 0 heterocycles. The molecular formula is C18H34N4O4S2. The molecule has 8 nitrogen and oxygen atoms in total. The van der Waals surface area contributed by atoms with Gasteiger partial charge in [0.05, 0.1) is 22.6 Å². The van der Waals surface area contributed by atoms with Crippen LogP contribution in [-0.2, 0) is 20.0 Å². The molecule has 0 radical (unpaired) electrons. The maximum atomic E-state index is 12.4. The van der Waals surface area contributed by atoms with E-state index >= 15 is 0 Å². The molecule has 2 atom stereocenters. The lowest BCUT2D eigenvalue weighted by Crippen LogP contribution is -2.46. The van der Waals surface area contributed by atoms with Gasteiger partial charge in [-0.1, -0.05) is 25.7 Å². The molecule has 162 valence electrons.